The van der Waals surface area contributed by atoms with Crippen LogP contribution in [0, 0.1) is 0 Å². The Labute approximate surface area is 146 Å². The van der Waals surface area contributed by atoms with Gasteiger partial charge in [-0.2, -0.15) is 0 Å². The molecule has 0 radical (unpaired) electrons. The summed E-state index contributed by atoms with van der Waals surface area (Å²) < 4.78 is 5.38. The van der Waals surface area contributed by atoms with Crippen LogP contribution < -0.4 is 5.32 Å². The standard InChI is InChI=1S/C19H23N3O3/c23-18-16(5-6-17(18)22-8-10-25-11-9-22)21-19(24)14-3-4-15-13(12-14)2-1-7-20-15/h1-4,7,12,16-18,23H,5-6,8-11H2,(H,21,24)/t16-,17-,18-/m1/s1. The zero-order valence-electron chi connectivity index (χ0n) is 14.1. The third-order valence-electron chi connectivity index (χ3n) is 5.28. The van der Waals surface area contributed by atoms with Crippen molar-refractivity contribution in [2.75, 3.05) is 26.3 Å². The number of hydrogen-bond acceptors (Lipinski definition) is 5. The highest BCUT2D eigenvalue weighted by atomic mass is 16.5. The minimum absolute atomic E-state index is 0.106. The van der Waals surface area contributed by atoms with Crippen molar-refractivity contribution in [2.45, 2.75) is 31.0 Å². The van der Waals surface area contributed by atoms with E-state index in [1.807, 2.05) is 24.3 Å². The lowest BCUT2D eigenvalue weighted by Gasteiger charge is -2.34. The second-order valence-corrected chi connectivity index (χ2v) is 6.77. The molecular formula is C19H23N3O3. The Bertz CT molecular complexity index is 760. The number of pyridine rings is 1. The van der Waals surface area contributed by atoms with E-state index in [9.17, 15) is 9.90 Å². The van der Waals surface area contributed by atoms with Crippen molar-refractivity contribution in [2.24, 2.45) is 0 Å². The van der Waals surface area contributed by atoms with Gasteiger partial charge in [-0.1, -0.05) is 6.07 Å². The molecule has 2 N–H and O–H groups in total. The van der Waals surface area contributed by atoms with Crippen LogP contribution in [0.4, 0.5) is 0 Å². The molecule has 25 heavy (non-hydrogen) atoms. The van der Waals surface area contributed by atoms with Gasteiger partial charge in [0, 0.05) is 36.3 Å². The Morgan fingerprint density at radius 1 is 1.24 bits per heavy atom. The van der Waals surface area contributed by atoms with Crippen LogP contribution in [0.25, 0.3) is 10.9 Å². The molecule has 6 nitrogen and oxygen atoms in total. The maximum Gasteiger partial charge on any atom is 0.251 e. The van der Waals surface area contributed by atoms with Gasteiger partial charge in [0.15, 0.2) is 0 Å². The maximum absolute atomic E-state index is 12.6. The number of morpholine rings is 1. The first-order valence-corrected chi connectivity index (χ1v) is 8.88. The van der Waals surface area contributed by atoms with Crippen LogP contribution in [0.1, 0.15) is 23.2 Å². The summed E-state index contributed by atoms with van der Waals surface area (Å²) in [6.45, 7) is 3.12. The topological polar surface area (TPSA) is 74.7 Å². The quantitative estimate of drug-likeness (QED) is 0.877. The second-order valence-electron chi connectivity index (χ2n) is 6.77. The monoisotopic (exact) mass is 341 g/mol. The average molecular weight is 341 g/mol. The number of amides is 1. The highest BCUT2D eigenvalue weighted by Crippen LogP contribution is 2.26. The highest BCUT2D eigenvalue weighted by Gasteiger charge is 2.39. The fraction of sp³-hybridized carbons (Fsp3) is 0.474. The van der Waals surface area contributed by atoms with E-state index >= 15 is 0 Å². The normalized spacial score (nSPS) is 27.5. The lowest BCUT2D eigenvalue weighted by Crippen LogP contribution is -2.51. The molecule has 1 saturated heterocycles. The molecular weight excluding hydrogens is 318 g/mol. The van der Waals surface area contributed by atoms with Crippen LogP contribution in [0.3, 0.4) is 0 Å². The number of nitrogens with zero attached hydrogens (tertiary/aromatic N) is 2. The molecule has 4 rings (SSSR count). The van der Waals surface area contributed by atoms with Gasteiger partial charge in [0.25, 0.3) is 5.91 Å². The molecule has 0 unspecified atom stereocenters. The van der Waals surface area contributed by atoms with E-state index in [1.54, 1.807) is 12.3 Å². The van der Waals surface area contributed by atoms with Crippen molar-refractivity contribution in [3.05, 3.63) is 42.1 Å². The van der Waals surface area contributed by atoms with Gasteiger partial charge >= 0.3 is 0 Å². The molecule has 1 aliphatic carbocycles. The van der Waals surface area contributed by atoms with Crippen molar-refractivity contribution in [1.82, 2.24) is 15.2 Å². The summed E-state index contributed by atoms with van der Waals surface area (Å²) in [6.07, 6.45) is 2.89. The van der Waals surface area contributed by atoms with Gasteiger partial charge in [0.2, 0.25) is 0 Å². The molecule has 1 saturated carbocycles. The summed E-state index contributed by atoms with van der Waals surface area (Å²) in [6, 6.07) is 9.19. The number of aliphatic hydroxyl groups is 1. The lowest BCUT2D eigenvalue weighted by molar-refractivity contribution is -0.0154. The molecule has 3 atom stereocenters. The molecule has 1 amide bonds. The van der Waals surface area contributed by atoms with E-state index < -0.39 is 6.10 Å². The van der Waals surface area contributed by atoms with Gasteiger partial charge in [-0.25, -0.2) is 0 Å². The molecule has 0 bridgehead atoms. The first-order chi connectivity index (χ1) is 12.2. The predicted octanol–water partition coefficient (Wildman–Crippen LogP) is 1.19. The van der Waals surface area contributed by atoms with Crippen molar-refractivity contribution in [3.8, 4) is 0 Å². The van der Waals surface area contributed by atoms with Gasteiger partial charge in [-0.3, -0.25) is 14.7 Å². The number of carbonyl (C=O) groups excluding carboxylic acids is 1. The SMILES string of the molecule is O=C(N[C@@H]1CC[C@@H](N2CCOCC2)[C@@H]1O)c1ccc2ncccc2c1. The predicted molar refractivity (Wildman–Crippen MR) is 94.4 cm³/mol. The van der Waals surface area contributed by atoms with E-state index in [0.717, 1.165) is 36.8 Å². The summed E-state index contributed by atoms with van der Waals surface area (Å²) in [5, 5.41) is 14.6. The number of aliphatic hydroxyl groups excluding tert-OH is 1. The van der Waals surface area contributed by atoms with E-state index in [0.29, 0.717) is 18.8 Å². The molecule has 2 aromatic rings. The van der Waals surface area contributed by atoms with Gasteiger partial charge in [0.05, 0.1) is 30.9 Å². The Morgan fingerprint density at radius 3 is 2.92 bits per heavy atom. The van der Waals surface area contributed by atoms with E-state index in [4.69, 9.17) is 4.74 Å². The first-order valence-electron chi connectivity index (χ1n) is 8.88. The highest BCUT2D eigenvalue weighted by molar-refractivity contribution is 5.98. The fourth-order valence-electron chi connectivity index (χ4n) is 3.89. The van der Waals surface area contributed by atoms with Crippen molar-refractivity contribution < 1.29 is 14.6 Å². The molecule has 2 fully saturated rings. The average Bonchev–Trinajstić information content (AvgIpc) is 3.02. The van der Waals surface area contributed by atoms with E-state index in [2.05, 4.69) is 15.2 Å². The zero-order chi connectivity index (χ0) is 17.2. The lowest BCUT2D eigenvalue weighted by atomic mass is 10.1. The number of rotatable bonds is 3. The van der Waals surface area contributed by atoms with Crippen LogP contribution in [-0.4, -0.2) is 65.4 Å². The molecule has 6 heteroatoms. The van der Waals surface area contributed by atoms with Crippen molar-refractivity contribution in [3.63, 3.8) is 0 Å². The van der Waals surface area contributed by atoms with Crippen LogP contribution in [0.15, 0.2) is 36.5 Å². The Morgan fingerprint density at radius 2 is 2.08 bits per heavy atom. The zero-order valence-corrected chi connectivity index (χ0v) is 14.1. The van der Waals surface area contributed by atoms with Gasteiger partial charge < -0.3 is 15.2 Å². The number of aromatic nitrogens is 1. The summed E-state index contributed by atoms with van der Waals surface area (Å²) in [5.74, 6) is -0.141. The molecule has 1 aromatic carbocycles. The molecule has 1 aromatic heterocycles. The van der Waals surface area contributed by atoms with Crippen LogP contribution in [0.2, 0.25) is 0 Å². The van der Waals surface area contributed by atoms with E-state index in [1.165, 1.54) is 0 Å². The summed E-state index contributed by atoms with van der Waals surface area (Å²) in [7, 11) is 0. The number of fused-ring (bicyclic) bond motifs is 1. The number of hydrogen-bond donors (Lipinski definition) is 2. The third-order valence-corrected chi connectivity index (χ3v) is 5.28. The summed E-state index contributed by atoms with van der Waals surface area (Å²) in [5.41, 5.74) is 1.47. The molecule has 2 aliphatic rings. The minimum Gasteiger partial charge on any atom is -0.389 e. The summed E-state index contributed by atoms with van der Waals surface area (Å²) in [4.78, 5) is 19.1. The van der Waals surface area contributed by atoms with Crippen LogP contribution in [0.5, 0.6) is 0 Å². The Hall–Kier alpha value is -2.02. The largest absolute Gasteiger partial charge is 0.389 e. The van der Waals surface area contributed by atoms with Crippen LogP contribution >= 0.6 is 0 Å². The Kier molecular flexibility index (Phi) is 4.65. The maximum atomic E-state index is 12.6. The molecule has 1 aliphatic heterocycles. The smallest absolute Gasteiger partial charge is 0.251 e. The number of carbonyl (C=O) groups is 1. The van der Waals surface area contributed by atoms with Gasteiger partial charge in [-0.05, 0) is 37.1 Å². The first kappa shape index (κ1) is 16.4. The third kappa shape index (κ3) is 3.38. The molecule has 0 spiro atoms. The Balaban J connectivity index is 1.43. The number of nitrogens with one attached hydrogen (secondary N) is 1. The number of ether oxygens (including phenoxy) is 1. The second kappa shape index (κ2) is 7.07. The van der Waals surface area contributed by atoms with Gasteiger partial charge in [-0.15, -0.1) is 0 Å². The molecule has 132 valence electrons. The fourth-order valence-corrected chi connectivity index (χ4v) is 3.89. The molecule has 2 heterocycles. The number of benzene rings is 1. The van der Waals surface area contributed by atoms with Crippen molar-refractivity contribution in [1.29, 1.82) is 0 Å². The van der Waals surface area contributed by atoms with E-state index in [-0.39, 0.29) is 18.0 Å². The summed E-state index contributed by atoms with van der Waals surface area (Å²) >= 11 is 0. The van der Waals surface area contributed by atoms with Crippen molar-refractivity contribution >= 4 is 16.8 Å². The van der Waals surface area contributed by atoms with Gasteiger partial charge in [0.1, 0.15) is 0 Å². The van der Waals surface area contributed by atoms with Crippen LogP contribution in [-0.2, 0) is 4.74 Å². The minimum atomic E-state index is -0.538.